The number of carbonyl (C=O) groups excluding carboxylic acids is 1. The number of fused-ring (bicyclic) bond motifs is 1. The lowest BCUT2D eigenvalue weighted by atomic mass is 10.1. The Morgan fingerprint density at radius 2 is 1.83 bits per heavy atom. The zero-order valence-electron chi connectivity index (χ0n) is 10.5. The fourth-order valence-corrected chi connectivity index (χ4v) is 1.71. The summed E-state index contributed by atoms with van der Waals surface area (Å²) in [7, 11) is 4.00. The Balaban J connectivity index is 2.38. The minimum atomic E-state index is -0.445. The molecule has 18 heavy (non-hydrogen) atoms. The van der Waals surface area contributed by atoms with E-state index in [1.54, 1.807) is 6.07 Å². The molecule has 0 spiro atoms. The molecule has 0 amide bonds. The monoisotopic (exact) mass is 241 g/mol. The maximum atomic E-state index is 11.1. The maximum Gasteiger partial charge on any atom is 0.335 e. The average Bonchev–Trinajstić information content (AvgIpc) is 2.37. The van der Waals surface area contributed by atoms with Crippen molar-refractivity contribution in [3.8, 4) is 5.75 Å². The number of ether oxygens (including phenoxy) is 1. The minimum absolute atomic E-state index is 0.445. The summed E-state index contributed by atoms with van der Waals surface area (Å²) < 4.78 is 5.08. The van der Waals surface area contributed by atoms with Crippen molar-refractivity contribution in [2.75, 3.05) is 19.0 Å². The lowest BCUT2D eigenvalue weighted by Gasteiger charge is -2.13. The number of carbonyl (C=O) groups is 1. The van der Waals surface area contributed by atoms with Gasteiger partial charge in [-0.15, -0.1) is 0 Å². The molecule has 0 aliphatic rings. The van der Waals surface area contributed by atoms with Gasteiger partial charge in [0.2, 0.25) is 0 Å². The molecular formula is C15H15NO2. The molecule has 2 rings (SSSR count). The van der Waals surface area contributed by atoms with Crippen LogP contribution in [0.5, 0.6) is 5.75 Å². The summed E-state index contributed by atoms with van der Waals surface area (Å²) in [4.78, 5) is 13.2. The summed E-state index contributed by atoms with van der Waals surface area (Å²) >= 11 is 0. The van der Waals surface area contributed by atoms with Gasteiger partial charge in [0.05, 0.1) is 0 Å². The standard InChI is InChI=1S/C15H15NO2/c1-4-15(17)18-14-8-6-11-9-13(16(2)3)7-5-12(11)10-14/h4-10H,1H2,2-3H3. The zero-order valence-corrected chi connectivity index (χ0v) is 10.5. The van der Waals surface area contributed by atoms with Gasteiger partial charge >= 0.3 is 5.97 Å². The predicted octanol–water partition coefficient (Wildman–Crippen LogP) is 3.00. The van der Waals surface area contributed by atoms with Crippen molar-refractivity contribution >= 4 is 22.4 Å². The van der Waals surface area contributed by atoms with Gasteiger partial charge in [-0.1, -0.05) is 18.7 Å². The first-order valence-corrected chi connectivity index (χ1v) is 5.65. The van der Waals surface area contributed by atoms with Gasteiger partial charge in [-0.2, -0.15) is 0 Å². The van der Waals surface area contributed by atoms with Crippen LogP contribution in [-0.4, -0.2) is 20.1 Å². The van der Waals surface area contributed by atoms with Crippen LogP contribution in [0.15, 0.2) is 49.1 Å². The highest BCUT2D eigenvalue weighted by Crippen LogP contribution is 2.25. The molecule has 0 aliphatic heterocycles. The Labute approximate surface area is 106 Å². The average molecular weight is 241 g/mol. The molecule has 0 unspecified atom stereocenters. The van der Waals surface area contributed by atoms with Crippen LogP contribution < -0.4 is 9.64 Å². The summed E-state index contributed by atoms with van der Waals surface area (Å²) in [5, 5.41) is 2.15. The van der Waals surface area contributed by atoms with E-state index < -0.39 is 5.97 Å². The predicted molar refractivity (Wildman–Crippen MR) is 74.1 cm³/mol. The lowest BCUT2D eigenvalue weighted by molar-refractivity contribution is -0.128. The van der Waals surface area contributed by atoms with Crippen LogP contribution in [0.3, 0.4) is 0 Å². The van der Waals surface area contributed by atoms with Crippen LogP contribution in [0.4, 0.5) is 5.69 Å². The van der Waals surface area contributed by atoms with Crippen LogP contribution in [-0.2, 0) is 4.79 Å². The number of hydrogen-bond donors (Lipinski definition) is 0. The van der Waals surface area contributed by atoms with Crippen molar-refractivity contribution in [2.45, 2.75) is 0 Å². The third-order valence-corrected chi connectivity index (χ3v) is 2.70. The molecule has 92 valence electrons. The van der Waals surface area contributed by atoms with Gasteiger partial charge in [0.1, 0.15) is 5.75 Å². The molecule has 0 fully saturated rings. The van der Waals surface area contributed by atoms with E-state index in [0.717, 1.165) is 22.5 Å². The van der Waals surface area contributed by atoms with Crippen LogP contribution in [0.2, 0.25) is 0 Å². The van der Waals surface area contributed by atoms with Gasteiger partial charge in [-0.05, 0) is 35.0 Å². The molecule has 2 aromatic rings. The van der Waals surface area contributed by atoms with E-state index in [2.05, 4.69) is 12.6 Å². The fourth-order valence-electron chi connectivity index (χ4n) is 1.71. The smallest absolute Gasteiger partial charge is 0.335 e. The number of benzene rings is 2. The molecule has 0 heterocycles. The van der Waals surface area contributed by atoms with Gasteiger partial charge in [-0.3, -0.25) is 0 Å². The molecule has 3 heteroatoms. The first-order valence-electron chi connectivity index (χ1n) is 5.65. The van der Waals surface area contributed by atoms with E-state index in [4.69, 9.17) is 4.74 Å². The van der Waals surface area contributed by atoms with E-state index in [1.807, 2.05) is 43.3 Å². The van der Waals surface area contributed by atoms with E-state index in [1.165, 1.54) is 0 Å². The first kappa shape index (κ1) is 12.2. The summed E-state index contributed by atoms with van der Waals surface area (Å²) in [6, 6.07) is 11.7. The third kappa shape index (κ3) is 2.51. The third-order valence-electron chi connectivity index (χ3n) is 2.70. The van der Waals surface area contributed by atoms with Crippen molar-refractivity contribution in [3.63, 3.8) is 0 Å². The number of nitrogens with zero attached hydrogens (tertiary/aromatic N) is 1. The summed E-state index contributed by atoms with van der Waals surface area (Å²) in [6.07, 6.45) is 1.15. The van der Waals surface area contributed by atoms with E-state index in [9.17, 15) is 4.79 Å². The summed E-state index contributed by atoms with van der Waals surface area (Å²) in [6.45, 7) is 3.37. The Hall–Kier alpha value is -2.29. The molecule has 0 aliphatic carbocycles. The van der Waals surface area contributed by atoms with Crippen LogP contribution in [0, 0.1) is 0 Å². The molecule has 0 saturated carbocycles. The topological polar surface area (TPSA) is 29.5 Å². The minimum Gasteiger partial charge on any atom is -0.423 e. The number of hydrogen-bond acceptors (Lipinski definition) is 3. The molecule has 0 atom stereocenters. The Morgan fingerprint density at radius 3 is 2.50 bits per heavy atom. The Bertz CT molecular complexity index is 602. The highest BCUT2D eigenvalue weighted by atomic mass is 16.5. The quantitative estimate of drug-likeness (QED) is 0.470. The fraction of sp³-hybridized carbons (Fsp3) is 0.133. The van der Waals surface area contributed by atoms with Gasteiger partial charge < -0.3 is 9.64 Å². The Morgan fingerprint density at radius 1 is 1.17 bits per heavy atom. The second-order valence-electron chi connectivity index (χ2n) is 4.21. The summed E-state index contributed by atoms with van der Waals surface area (Å²) in [5.41, 5.74) is 1.14. The molecule has 3 nitrogen and oxygen atoms in total. The van der Waals surface area contributed by atoms with Crippen molar-refractivity contribution in [1.82, 2.24) is 0 Å². The van der Waals surface area contributed by atoms with Crippen molar-refractivity contribution in [3.05, 3.63) is 49.1 Å². The second kappa shape index (κ2) is 4.92. The van der Waals surface area contributed by atoms with Crippen molar-refractivity contribution in [1.29, 1.82) is 0 Å². The number of anilines is 1. The van der Waals surface area contributed by atoms with Crippen LogP contribution in [0.25, 0.3) is 10.8 Å². The van der Waals surface area contributed by atoms with Crippen LogP contribution in [0.1, 0.15) is 0 Å². The Kier molecular flexibility index (Phi) is 3.33. The molecule has 0 radical (unpaired) electrons. The van der Waals surface area contributed by atoms with E-state index >= 15 is 0 Å². The van der Waals surface area contributed by atoms with Gasteiger partial charge in [0.15, 0.2) is 0 Å². The van der Waals surface area contributed by atoms with Gasteiger partial charge in [-0.25, -0.2) is 4.79 Å². The molecule has 0 aromatic heterocycles. The molecule has 0 N–H and O–H groups in total. The first-order chi connectivity index (χ1) is 8.60. The molecule has 0 bridgehead atoms. The van der Waals surface area contributed by atoms with Gasteiger partial charge in [0, 0.05) is 25.9 Å². The summed E-state index contributed by atoms with van der Waals surface area (Å²) in [5.74, 6) is 0.0873. The highest BCUT2D eigenvalue weighted by molar-refractivity contribution is 5.89. The van der Waals surface area contributed by atoms with Gasteiger partial charge in [0.25, 0.3) is 0 Å². The van der Waals surface area contributed by atoms with E-state index in [-0.39, 0.29) is 0 Å². The normalized spacial score (nSPS) is 10.1. The zero-order chi connectivity index (χ0) is 13.1. The number of rotatable bonds is 3. The van der Waals surface area contributed by atoms with Crippen LogP contribution >= 0.6 is 0 Å². The SMILES string of the molecule is C=CC(=O)Oc1ccc2cc(N(C)C)ccc2c1. The molecular weight excluding hydrogens is 226 g/mol. The maximum absolute atomic E-state index is 11.1. The molecule has 0 saturated heterocycles. The second-order valence-corrected chi connectivity index (χ2v) is 4.21. The molecule has 2 aromatic carbocycles. The largest absolute Gasteiger partial charge is 0.423 e. The van der Waals surface area contributed by atoms with Crippen molar-refractivity contribution < 1.29 is 9.53 Å². The lowest BCUT2D eigenvalue weighted by Crippen LogP contribution is -2.08. The highest BCUT2D eigenvalue weighted by Gasteiger charge is 2.03. The van der Waals surface area contributed by atoms with Crippen molar-refractivity contribution in [2.24, 2.45) is 0 Å². The number of esters is 1. The van der Waals surface area contributed by atoms with E-state index in [0.29, 0.717) is 5.75 Å².